The molecular weight excluding hydrogens is 531 g/mol. The number of methoxy groups -OCH3 is 2. The monoisotopic (exact) mass is 564 g/mol. The third-order valence-electron chi connectivity index (χ3n) is 5.23. The van der Waals surface area contributed by atoms with Crippen LogP contribution >= 0.6 is 24.0 Å². The molecule has 0 saturated carbocycles. The molecule has 0 unspecified atom stereocenters. The summed E-state index contributed by atoms with van der Waals surface area (Å²) < 4.78 is 12.6. The lowest BCUT2D eigenvalue weighted by molar-refractivity contribution is 0.414. The van der Waals surface area contributed by atoms with E-state index in [1.807, 2.05) is 42.8 Å². The Hall–Kier alpha value is -2.82. The fourth-order valence-corrected chi connectivity index (χ4v) is 3.26. The van der Waals surface area contributed by atoms with Gasteiger partial charge in [0.25, 0.3) is 0 Å². The van der Waals surface area contributed by atoms with Gasteiger partial charge >= 0.3 is 0 Å². The summed E-state index contributed by atoms with van der Waals surface area (Å²) in [6.45, 7) is 5.80. The molecule has 0 aliphatic heterocycles. The van der Waals surface area contributed by atoms with E-state index in [1.54, 1.807) is 14.2 Å². The standard InChI is InChI=1S/C24H32N6O2.HI/c1-17-12-20(14-22(13-17)32-5)15-26-24(27-16-23-29-28-18(2)30(23)3)25-11-10-19-6-8-21(31-4)9-7-19;/h6-9,12-14H,10-11,15-16H2,1-5H3,(H2,25,26,27);1H. The minimum atomic E-state index is 0. The van der Waals surface area contributed by atoms with Crippen LogP contribution in [0.1, 0.15) is 28.3 Å². The molecule has 0 amide bonds. The average Bonchev–Trinajstić information content (AvgIpc) is 3.12. The molecule has 2 aromatic carbocycles. The number of hydrogen-bond acceptors (Lipinski definition) is 5. The van der Waals surface area contributed by atoms with Crippen molar-refractivity contribution in [1.29, 1.82) is 0 Å². The second kappa shape index (κ2) is 13.0. The number of aliphatic imine (C=N–C) groups is 1. The molecular formula is C24H33IN6O2. The van der Waals surface area contributed by atoms with Crippen LogP contribution in [0.4, 0.5) is 0 Å². The minimum absolute atomic E-state index is 0. The second-order valence-electron chi connectivity index (χ2n) is 7.62. The Morgan fingerprint density at radius 3 is 2.30 bits per heavy atom. The van der Waals surface area contributed by atoms with Gasteiger partial charge < -0.3 is 24.7 Å². The van der Waals surface area contributed by atoms with E-state index in [2.05, 4.69) is 46.0 Å². The average molecular weight is 564 g/mol. The van der Waals surface area contributed by atoms with E-state index < -0.39 is 0 Å². The third kappa shape index (κ3) is 7.92. The lowest BCUT2D eigenvalue weighted by Crippen LogP contribution is -2.38. The summed E-state index contributed by atoms with van der Waals surface area (Å²) in [5.41, 5.74) is 3.46. The number of ether oxygens (including phenoxy) is 2. The number of halogens is 1. The number of aromatic nitrogens is 3. The van der Waals surface area contributed by atoms with Crippen LogP contribution in [-0.4, -0.2) is 41.5 Å². The van der Waals surface area contributed by atoms with Crippen molar-refractivity contribution in [2.45, 2.75) is 33.4 Å². The quantitative estimate of drug-likeness (QED) is 0.235. The molecule has 0 bridgehead atoms. The molecule has 1 aromatic heterocycles. The molecule has 0 saturated heterocycles. The molecule has 0 radical (unpaired) electrons. The Morgan fingerprint density at radius 1 is 0.939 bits per heavy atom. The van der Waals surface area contributed by atoms with Crippen molar-refractivity contribution in [2.75, 3.05) is 20.8 Å². The first-order valence-corrected chi connectivity index (χ1v) is 10.6. The minimum Gasteiger partial charge on any atom is -0.497 e. The topological polar surface area (TPSA) is 85.6 Å². The summed E-state index contributed by atoms with van der Waals surface area (Å²) in [6.07, 6.45) is 0.867. The van der Waals surface area contributed by atoms with Crippen molar-refractivity contribution in [3.63, 3.8) is 0 Å². The molecule has 0 atom stereocenters. The van der Waals surface area contributed by atoms with Crippen molar-refractivity contribution in [2.24, 2.45) is 12.0 Å². The van der Waals surface area contributed by atoms with Crippen LogP contribution in [0.2, 0.25) is 0 Å². The van der Waals surface area contributed by atoms with Gasteiger partial charge in [-0.3, -0.25) is 0 Å². The summed E-state index contributed by atoms with van der Waals surface area (Å²) in [6, 6.07) is 14.2. The maximum atomic E-state index is 5.39. The van der Waals surface area contributed by atoms with Gasteiger partial charge in [-0.15, -0.1) is 34.2 Å². The number of rotatable bonds is 9. The van der Waals surface area contributed by atoms with Gasteiger partial charge in [-0.1, -0.05) is 18.2 Å². The first-order chi connectivity index (χ1) is 15.5. The zero-order valence-electron chi connectivity index (χ0n) is 19.9. The van der Waals surface area contributed by atoms with Gasteiger partial charge in [0.05, 0.1) is 27.3 Å². The van der Waals surface area contributed by atoms with Crippen molar-refractivity contribution < 1.29 is 9.47 Å². The highest BCUT2D eigenvalue weighted by atomic mass is 127. The van der Waals surface area contributed by atoms with Crippen LogP contribution in [-0.2, 0) is 26.6 Å². The maximum absolute atomic E-state index is 5.39. The van der Waals surface area contributed by atoms with Crippen molar-refractivity contribution in [3.05, 3.63) is 70.8 Å². The van der Waals surface area contributed by atoms with Gasteiger partial charge in [0, 0.05) is 13.6 Å². The Bertz CT molecular complexity index is 1050. The van der Waals surface area contributed by atoms with Crippen LogP contribution < -0.4 is 20.1 Å². The fraction of sp³-hybridized carbons (Fsp3) is 0.375. The van der Waals surface area contributed by atoms with Gasteiger partial charge in [0.15, 0.2) is 11.8 Å². The molecule has 0 spiro atoms. The summed E-state index contributed by atoms with van der Waals surface area (Å²) in [5.74, 6) is 4.15. The van der Waals surface area contributed by atoms with Crippen LogP contribution in [0, 0.1) is 13.8 Å². The molecule has 0 aliphatic carbocycles. The zero-order valence-corrected chi connectivity index (χ0v) is 22.2. The number of nitrogens with zero attached hydrogens (tertiary/aromatic N) is 4. The highest BCUT2D eigenvalue weighted by Gasteiger charge is 2.07. The number of hydrogen-bond donors (Lipinski definition) is 2. The fourth-order valence-electron chi connectivity index (χ4n) is 3.26. The van der Waals surface area contributed by atoms with Crippen molar-refractivity contribution in [1.82, 2.24) is 25.4 Å². The van der Waals surface area contributed by atoms with Crippen LogP contribution in [0.5, 0.6) is 11.5 Å². The molecule has 2 N–H and O–H groups in total. The third-order valence-corrected chi connectivity index (χ3v) is 5.23. The molecule has 8 nitrogen and oxygen atoms in total. The van der Waals surface area contributed by atoms with E-state index in [0.717, 1.165) is 53.2 Å². The molecule has 9 heteroatoms. The molecule has 0 aliphatic rings. The first-order valence-electron chi connectivity index (χ1n) is 10.6. The van der Waals surface area contributed by atoms with Crippen molar-refractivity contribution in [3.8, 4) is 11.5 Å². The SMILES string of the molecule is COc1ccc(CCNC(=NCc2cc(C)cc(OC)c2)NCc2nnc(C)n2C)cc1.I. The van der Waals surface area contributed by atoms with Gasteiger partial charge in [-0.05, 0) is 61.2 Å². The molecule has 3 aromatic rings. The Morgan fingerprint density at radius 2 is 1.67 bits per heavy atom. The first kappa shape index (κ1) is 26.4. The van der Waals surface area contributed by atoms with Crippen molar-refractivity contribution >= 4 is 29.9 Å². The smallest absolute Gasteiger partial charge is 0.191 e. The largest absolute Gasteiger partial charge is 0.497 e. The number of benzene rings is 2. The molecule has 0 fully saturated rings. The summed E-state index contributed by atoms with van der Waals surface area (Å²) >= 11 is 0. The Kier molecular flexibility index (Phi) is 10.4. The normalized spacial score (nSPS) is 11.0. The van der Waals surface area contributed by atoms with Gasteiger partial charge in [-0.25, -0.2) is 4.99 Å². The molecule has 1 heterocycles. The number of guanidine groups is 1. The van der Waals surface area contributed by atoms with E-state index in [1.165, 1.54) is 5.56 Å². The molecule has 33 heavy (non-hydrogen) atoms. The summed E-state index contributed by atoms with van der Waals surface area (Å²) in [5, 5.41) is 15.1. The van der Waals surface area contributed by atoms with Gasteiger partial charge in [0.1, 0.15) is 17.3 Å². The van der Waals surface area contributed by atoms with Crippen LogP contribution in [0.25, 0.3) is 0 Å². The van der Waals surface area contributed by atoms with E-state index in [4.69, 9.17) is 14.5 Å². The molecule has 178 valence electrons. The van der Waals surface area contributed by atoms with Crippen LogP contribution in [0.3, 0.4) is 0 Å². The van der Waals surface area contributed by atoms with E-state index in [-0.39, 0.29) is 24.0 Å². The predicted octanol–water partition coefficient (Wildman–Crippen LogP) is 3.55. The highest BCUT2D eigenvalue weighted by Crippen LogP contribution is 2.17. The Labute approximate surface area is 212 Å². The number of nitrogens with one attached hydrogen (secondary N) is 2. The molecule has 3 rings (SSSR count). The van der Waals surface area contributed by atoms with E-state index in [9.17, 15) is 0 Å². The Balaban J connectivity index is 0.00000385. The lowest BCUT2D eigenvalue weighted by Gasteiger charge is -2.13. The van der Waals surface area contributed by atoms with E-state index in [0.29, 0.717) is 13.1 Å². The van der Waals surface area contributed by atoms with Crippen LogP contribution in [0.15, 0.2) is 47.5 Å². The lowest BCUT2D eigenvalue weighted by atomic mass is 10.1. The highest BCUT2D eigenvalue weighted by molar-refractivity contribution is 14.0. The van der Waals surface area contributed by atoms with Gasteiger partial charge in [0.2, 0.25) is 0 Å². The summed E-state index contributed by atoms with van der Waals surface area (Å²) in [7, 11) is 5.31. The predicted molar refractivity (Wildman–Crippen MR) is 142 cm³/mol. The van der Waals surface area contributed by atoms with E-state index >= 15 is 0 Å². The summed E-state index contributed by atoms with van der Waals surface area (Å²) in [4.78, 5) is 4.78. The second-order valence-corrected chi connectivity index (χ2v) is 7.62. The number of aryl methyl sites for hydroxylation is 2. The zero-order chi connectivity index (χ0) is 22.9. The van der Waals surface area contributed by atoms with Gasteiger partial charge in [-0.2, -0.15) is 0 Å². The maximum Gasteiger partial charge on any atom is 0.191 e.